The normalized spacial score (nSPS) is 17.0. The first-order valence-electron chi connectivity index (χ1n) is 6.86. The maximum Gasteiger partial charge on any atom is 0.407 e. The van der Waals surface area contributed by atoms with Crippen LogP contribution in [0.3, 0.4) is 0 Å². The molecular formula is C15H15N3O4. The third-order valence-corrected chi connectivity index (χ3v) is 3.48. The van der Waals surface area contributed by atoms with Gasteiger partial charge in [-0.15, -0.1) is 0 Å². The standard InChI is InChI=1S/C15H15N3O4/c1-9-11(7-16-14(19)12-8-21-15(20)17-12)18-22-13(9)10-5-3-2-4-6-10/h2-6,12H,7-8H2,1H3,(H,16,19)(H,17,20). The van der Waals surface area contributed by atoms with Gasteiger partial charge in [0.15, 0.2) is 5.76 Å². The number of aromatic nitrogens is 1. The Hall–Kier alpha value is -2.83. The Morgan fingerprint density at radius 3 is 2.86 bits per heavy atom. The van der Waals surface area contributed by atoms with Gasteiger partial charge in [0.25, 0.3) is 0 Å². The van der Waals surface area contributed by atoms with E-state index in [1.54, 1.807) is 0 Å². The summed E-state index contributed by atoms with van der Waals surface area (Å²) in [6, 6.07) is 8.97. The van der Waals surface area contributed by atoms with Gasteiger partial charge >= 0.3 is 6.09 Å². The number of carbonyl (C=O) groups is 2. The highest BCUT2D eigenvalue weighted by molar-refractivity contribution is 5.87. The monoisotopic (exact) mass is 301 g/mol. The Labute approximate surface area is 126 Å². The quantitative estimate of drug-likeness (QED) is 0.889. The molecule has 7 heteroatoms. The van der Waals surface area contributed by atoms with E-state index in [0.717, 1.165) is 11.1 Å². The van der Waals surface area contributed by atoms with E-state index in [2.05, 4.69) is 20.5 Å². The van der Waals surface area contributed by atoms with Gasteiger partial charge in [-0.05, 0) is 6.92 Å². The van der Waals surface area contributed by atoms with Crippen LogP contribution in [0.4, 0.5) is 4.79 Å². The van der Waals surface area contributed by atoms with Crippen LogP contribution in [-0.2, 0) is 16.1 Å². The summed E-state index contributed by atoms with van der Waals surface area (Å²) in [4.78, 5) is 22.8. The molecule has 0 aliphatic carbocycles. The number of nitrogens with one attached hydrogen (secondary N) is 2. The number of cyclic esters (lactones) is 1. The SMILES string of the molecule is Cc1c(CNC(=O)C2COC(=O)N2)noc1-c1ccccc1. The molecule has 1 atom stereocenters. The molecule has 1 aliphatic rings. The summed E-state index contributed by atoms with van der Waals surface area (Å²) >= 11 is 0. The van der Waals surface area contributed by atoms with Gasteiger partial charge in [0.1, 0.15) is 18.3 Å². The second kappa shape index (κ2) is 5.88. The molecule has 1 aromatic heterocycles. The zero-order chi connectivity index (χ0) is 15.5. The second-order valence-corrected chi connectivity index (χ2v) is 4.96. The highest BCUT2D eigenvalue weighted by Crippen LogP contribution is 2.25. The molecule has 2 N–H and O–H groups in total. The van der Waals surface area contributed by atoms with Crippen molar-refractivity contribution in [2.75, 3.05) is 6.61 Å². The van der Waals surface area contributed by atoms with Crippen LogP contribution in [0.5, 0.6) is 0 Å². The average molecular weight is 301 g/mol. The van der Waals surface area contributed by atoms with E-state index in [0.29, 0.717) is 11.5 Å². The molecule has 114 valence electrons. The summed E-state index contributed by atoms with van der Waals surface area (Å²) in [5, 5.41) is 9.13. The van der Waals surface area contributed by atoms with Crippen LogP contribution in [0, 0.1) is 6.92 Å². The molecule has 1 aromatic carbocycles. The van der Waals surface area contributed by atoms with Gasteiger partial charge in [0.2, 0.25) is 5.91 Å². The Bertz CT molecular complexity index is 696. The number of benzene rings is 1. The predicted molar refractivity (Wildman–Crippen MR) is 76.8 cm³/mol. The number of carbonyl (C=O) groups excluding carboxylic acids is 2. The molecule has 7 nitrogen and oxygen atoms in total. The van der Waals surface area contributed by atoms with Gasteiger partial charge < -0.3 is 19.9 Å². The van der Waals surface area contributed by atoms with Crippen LogP contribution < -0.4 is 10.6 Å². The maximum absolute atomic E-state index is 11.9. The maximum atomic E-state index is 11.9. The van der Waals surface area contributed by atoms with Gasteiger partial charge in [0.05, 0.1) is 6.54 Å². The van der Waals surface area contributed by atoms with Crippen LogP contribution in [-0.4, -0.2) is 29.8 Å². The number of alkyl carbamates (subject to hydrolysis) is 1. The Balaban J connectivity index is 1.65. The minimum atomic E-state index is -0.659. The zero-order valence-electron chi connectivity index (χ0n) is 12.0. The van der Waals surface area contributed by atoms with Crippen molar-refractivity contribution in [1.29, 1.82) is 0 Å². The fraction of sp³-hybridized carbons (Fsp3) is 0.267. The van der Waals surface area contributed by atoms with E-state index in [9.17, 15) is 9.59 Å². The van der Waals surface area contributed by atoms with Crippen molar-refractivity contribution >= 4 is 12.0 Å². The molecule has 2 aromatic rings. The first kappa shape index (κ1) is 14.1. The van der Waals surface area contributed by atoms with Crippen molar-refractivity contribution in [3.63, 3.8) is 0 Å². The van der Waals surface area contributed by atoms with Crippen molar-refractivity contribution in [1.82, 2.24) is 15.8 Å². The summed E-state index contributed by atoms with van der Waals surface area (Å²) in [7, 11) is 0. The summed E-state index contributed by atoms with van der Waals surface area (Å²) in [6.07, 6.45) is -0.580. The molecular weight excluding hydrogens is 286 g/mol. The summed E-state index contributed by atoms with van der Waals surface area (Å²) in [5.41, 5.74) is 2.46. The number of rotatable bonds is 4. The highest BCUT2D eigenvalue weighted by Gasteiger charge is 2.28. The smallest absolute Gasteiger partial charge is 0.407 e. The van der Waals surface area contributed by atoms with E-state index in [-0.39, 0.29) is 19.1 Å². The molecule has 3 rings (SSSR count). The minimum absolute atomic E-state index is 0.0394. The third kappa shape index (κ3) is 2.78. The van der Waals surface area contributed by atoms with E-state index >= 15 is 0 Å². The number of hydrogen-bond acceptors (Lipinski definition) is 5. The molecule has 0 saturated carbocycles. The molecule has 1 aliphatic heterocycles. The van der Waals surface area contributed by atoms with Crippen LogP contribution in [0.15, 0.2) is 34.9 Å². The predicted octanol–water partition coefficient (Wildman–Crippen LogP) is 1.37. The van der Waals surface area contributed by atoms with E-state index in [1.807, 2.05) is 37.3 Å². The van der Waals surface area contributed by atoms with Gasteiger partial charge in [-0.25, -0.2) is 4.79 Å². The lowest BCUT2D eigenvalue weighted by atomic mass is 10.1. The number of nitrogens with zero attached hydrogens (tertiary/aromatic N) is 1. The zero-order valence-corrected chi connectivity index (χ0v) is 12.0. The number of amides is 2. The van der Waals surface area contributed by atoms with Crippen LogP contribution in [0.25, 0.3) is 11.3 Å². The molecule has 1 fully saturated rings. The van der Waals surface area contributed by atoms with E-state index < -0.39 is 12.1 Å². The Morgan fingerprint density at radius 1 is 1.41 bits per heavy atom. The lowest BCUT2D eigenvalue weighted by Crippen LogP contribution is -2.42. The molecule has 2 heterocycles. The number of ether oxygens (including phenoxy) is 1. The van der Waals surface area contributed by atoms with Crippen LogP contribution in [0.2, 0.25) is 0 Å². The molecule has 0 radical (unpaired) electrons. The summed E-state index contributed by atoms with van der Waals surface area (Å²) < 4.78 is 10.0. The van der Waals surface area contributed by atoms with Gasteiger partial charge in [-0.2, -0.15) is 0 Å². The topological polar surface area (TPSA) is 93.5 Å². The van der Waals surface area contributed by atoms with E-state index in [1.165, 1.54) is 0 Å². The fourth-order valence-electron chi connectivity index (χ4n) is 2.21. The Morgan fingerprint density at radius 2 is 2.18 bits per heavy atom. The van der Waals surface area contributed by atoms with Crippen molar-refractivity contribution in [3.8, 4) is 11.3 Å². The second-order valence-electron chi connectivity index (χ2n) is 4.96. The lowest BCUT2D eigenvalue weighted by Gasteiger charge is -2.07. The Kier molecular flexibility index (Phi) is 3.78. The summed E-state index contributed by atoms with van der Waals surface area (Å²) in [6.45, 7) is 2.16. The fourth-order valence-corrected chi connectivity index (χ4v) is 2.21. The van der Waals surface area contributed by atoms with Crippen molar-refractivity contribution in [3.05, 3.63) is 41.6 Å². The highest BCUT2D eigenvalue weighted by atomic mass is 16.6. The van der Waals surface area contributed by atoms with Crippen molar-refractivity contribution < 1.29 is 18.8 Å². The molecule has 22 heavy (non-hydrogen) atoms. The summed E-state index contributed by atoms with van der Waals surface area (Å²) in [5.74, 6) is 0.372. The van der Waals surface area contributed by atoms with Gasteiger partial charge in [-0.1, -0.05) is 35.5 Å². The number of hydrogen-bond donors (Lipinski definition) is 2. The van der Waals surface area contributed by atoms with Gasteiger partial charge in [-0.3, -0.25) is 4.79 Å². The minimum Gasteiger partial charge on any atom is -0.447 e. The van der Waals surface area contributed by atoms with Crippen molar-refractivity contribution in [2.24, 2.45) is 0 Å². The van der Waals surface area contributed by atoms with Crippen molar-refractivity contribution in [2.45, 2.75) is 19.5 Å². The average Bonchev–Trinajstić information content (AvgIpc) is 3.12. The molecule has 1 saturated heterocycles. The molecule has 0 spiro atoms. The lowest BCUT2D eigenvalue weighted by molar-refractivity contribution is -0.123. The molecule has 2 amide bonds. The van der Waals surface area contributed by atoms with Gasteiger partial charge in [0, 0.05) is 11.1 Å². The molecule has 0 bridgehead atoms. The third-order valence-electron chi connectivity index (χ3n) is 3.48. The first-order valence-corrected chi connectivity index (χ1v) is 6.86. The van der Waals surface area contributed by atoms with Crippen LogP contribution in [0.1, 0.15) is 11.3 Å². The largest absolute Gasteiger partial charge is 0.447 e. The molecule has 1 unspecified atom stereocenters. The van der Waals surface area contributed by atoms with Crippen LogP contribution >= 0.6 is 0 Å². The first-order chi connectivity index (χ1) is 10.6. The van der Waals surface area contributed by atoms with E-state index in [4.69, 9.17) is 4.52 Å².